The molecule has 1 saturated heterocycles. The second kappa shape index (κ2) is 7.24. The first-order chi connectivity index (χ1) is 7.26. The Morgan fingerprint density at radius 1 is 1.27 bits per heavy atom. The van der Waals surface area contributed by atoms with Gasteiger partial charge in [0.2, 0.25) is 0 Å². The lowest BCUT2D eigenvalue weighted by molar-refractivity contribution is 0.254. The lowest BCUT2D eigenvalue weighted by atomic mass is 9.98. The lowest BCUT2D eigenvalue weighted by Gasteiger charge is -2.24. The molecule has 0 aromatic rings. The van der Waals surface area contributed by atoms with Crippen molar-refractivity contribution in [1.82, 2.24) is 10.2 Å². The summed E-state index contributed by atoms with van der Waals surface area (Å²) in [5, 5.41) is 3.50. The summed E-state index contributed by atoms with van der Waals surface area (Å²) in [7, 11) is 0. The first-order valence-electron chi connectivity index (χ1n) is 6.72. The molecule has 1 fully saturated rings. The Bertz CT molecular complexity index is 159. The third-order valence-electron chi connectivity index (χ3n) is 3.60. The highest BCUT2D eigenvalue weighted by Crippen LogP contribution is 2.20. The number of nitrogens with one attached hydrogen (secondary N) is 1. The van der Waals surface area contributed by atoms with Gasteiger partial charge in [-0.15, -0.1) is 0 Å². The van der Waals surface area contributed by atoms with E-state index < -0.39 is 0 Å². The topological polar surface area (TPSA) is 15.3 Å². The van der Waals surface area contributed by atoms with Crippen LogP contribution in [0.2, 0.25) is 0 Å². The van der Waals surface area contributed by atoms with E-state index >= 15 is 0 Å². The summed E-state index contributed by atoms with van der Waals surface area (Å²) in [6, 6.07) is 0.646. The molecule has 1 N–H and O–H groups in total. The maximum atomic E-state index is 3.50. The average molecular weight is 212 g/mol. The number of nitrogens with zero attached hydrogens (tertiary/aromatic N) is 1. The SMILES string of the molecule is CCNC(C)CN1CCCC(CC)CC1. The first kappa shape index (κ1) is 13.0. The Kier molecular flexibility index (Phi) is 6.26. The molecule has 1 rings (SSSR count). The molecule has 1 heterocycles. The molecule has 0 aliphatic carbocycles. The molecule has 1 aliphatic heterocycles. The second-order valence-corrected chi connectivity index (χ2v) is 4.96. The largest absolute Gasteiger partial charge is 0.313 e. The third-order valence-corrected chi connectivity index (χ3v) is 3.60. The van der Waals surface area contributed by atoms with Crippen LogP contribution in [0.3, 0.4) is 0 Å². The van der Waals surface area contributed by atoms with E-state index in [0.717, 1.165) is 12.5 Å². The smallest absolute Gasteiger partial charge is 0.0166 e. The highest BCUT2D eigenvalue weighted by atomic mass is 15.1. The van der Waals surface area contributed by atoms with Gasteiger partial charge in [0.25, 0.3) is 0 Å². The van der Waals surface area contributed by atoms with Crippen LogP contribution in [0.4, 0.5) is 0 Å². The zero-order valence-electron chi connectivity index (χ0n) is 10.8. The summed E-state index contributed by atoms with van der Waals surface area (Å²) in [6.45, 7) is 11.8. The van der Waals surface area contributed by atoms with Crippen molar-refractivity contribution >= 4 is 0 Å². The van der Waals surface area contributed by atoms with Crippen molar-refractivity contribution in [2.75, 3.05) is 26.2 Å². The van der Waals surface area contributed by atoms with Crippen LogP contribution in [0.25, 0.3) is 0 Å². The van der Waals surface area contributed by atoms with Gasteiger partial charge in [0.1, 0.15) is 0 Å². The normalized spacial score (nSPS) is 26.2. The number of hydrogen-bond acceptors (Lipinski definition) is 2. The number of hydrogen-bond donors (Lipinski definition) is 1. The number of likely N-dealkylation sites (tertiary alicyclic amines) is 1. The number of likely N-dealkylation sites (N-methyl/N-ethyl adjacent to an activating group) is 1. The molecule has 2 nitrogen and oxygen atoms in total. The summed E-state index contributed by atoms with van der Waals surface area (Å²) >= 11 is 0. The van der Waals surface area contributed by atoms with Crippen molar-refractivity contribution in [2.24, 2.45) is 5.92 Å². The first-order valence-corrected chi connectivity index (χ1v) is 6.72. The molecule has 0 radical (unpaired) electrons. The van der Waals surface area contributed by atoms with Crippen molar-refractivity contribution in [3.63, 3.8) is 0 Å². The van der Waals surface area contributed by atoms with Crippen molar-refractivity contribution in [3.05, 3.63) is 0 Å². The van der Waals surface area contributed by atoms with E-state index in [1.165, 1.54) is 45.3 Å². The van der Waals surface area contributed by atoms with Crippen LogP contribution in [0, 0.1) is 5.92 Å². The van der Waals surface area contributed by atoms with Gasteiger partial charge in [-0.25, -0.2) is 0 Å². The monoisotopic (exact) mass is 212 g/mol. The van der Waals surface area contributed by atoms with E-state index in [4.69, 9.17) is 0 Å². The summed E-state index contributed by atoms with van der Waals surface area (Å²) < 4.78 is 0. The Morgan fingerprint density at radius 3 is 2.73 bits per heavy atom. The zero-order valence-corrected chi connectivity index (χ0v) is 10.8. The van der Waals surface area contributed by atoms with Crippen LogP contribution >= 0.6 is 0 Å². The quantitative estimate of drug-likeness (QED) is 0.753. The molecule has 0 bridgehead atoms. The van der Waals surface area contributed by atoms with Gasteiger partial charge in [-0.1, -0.05) is 20.3 Å². The minimum absolute atomic E-state index is 0.646. The minimum Gasteiger partial charge on any atom is -0.313 e. The van der Waals surface area contributed by atoms with E-state index in [0.29, 0.717) is 6.04 Å². The van der Waals surface area contributed by atoms with Crippen molar-refractivity contribution in [2.45, 2.75) is 52.5 Å². The van der Waals surface area contributed by atoms with E-state index in [1.54, 1.807) is 0 Å². The van der Waals surface area contributed by atoms with Gasteiger partial charge in [-0.2, -0.15) is 0 Å². The van der Waals surface area contributed by atoms with Crippen molar-refractivity contribution in [1.29, 1.82) is 0 Å². The molecule has 90 valence electrons. The molecule has 2 heteroatoms. The maximum Gasteiger partial charge on any atom is 0.0166 e. The molecule has 0 saturated carbocycles. The molecule has 0 amide bonds. The lowest BCUT2D eigenvalue weighted by Crippen LogP contribution is -2.39. The minimum atomic E-state index is 0.646. The molecular weight excluding hydrogens is 184 g/mol. The predicted molar refractivity (Wildman–Crippen MR) is 67.2 cm³/mol. The van der Waals surface area contributed by atoms with E-state index in [1.807, 2.05) is 0 Å². The second-order valence-electron chi connectivity index (χ2n) is 4.96. The van der Waals surface area contributed by atoms with Crippen LogP contribution in [-0.4, -0.2) is 37.1 Å². The zero-order chi connectivity index (χ0) is 11.1. The van der Waals surface area contributed by atoms with Gasteiger partial charge in [0.05, 0.1) is 0 Å². The Balaban J connectivity index is 2.24. The molecule has 2 atom stereocenters. The standard InChI is InChI=1S/C13H28N2/c1-4-13-7-6-9-15(10-8-13)11-12(3)14-5-2/h12-14H,4-11H2,1-3H3. The maximum absolute atomic E-state index is 3.50. The summed E-state index contributed by atoms with van der Waals surface area (Å²) in [6.07, 6.45) is 5.63. The van der Waals surface area contributed by atoms with Crippen LogP contribution in [0.5, 0.6) is 0 Å². The van der Waals surface area contributed by atoms with Crippen molar-refractivity contribution < 1.29 is 0 Å². The van der Waals surface area contributed by atoms with Gasteiger partial charge in [-0.05, 0) is 51.7 Å². The van der Waals surface area contributed by atoms with Crippen LogP contribution in [0.1, 0.15) is 46.5 Å². The molecule has 15 heavy (non-hydrogen) atoms. The van der Waals surface area contributed by atoms with Gasteiger partial charge >= 0.3 is 0 Å². The average Bonchev–Trinajstić information content (AvgIpc) is 2.43. The predicted octanol–water partition coefficient (Wildman–Crippen LogP) is 2.50. The molecule has 1 aliphatic rings. The highest BCUT2D eigenvalue weighted by Gasteiger charge is 2.16. The summed E-state index contributed by atoms with van der Waals surface area (Å²) in [5.41, 5.74) is 0. The fraction of sp³-hybridized carbons (Fsp3) is 1.00. The van der Waals surface area contributed by atoms with Gasteiger partial charge in [0.15, 0.2) is 0 Å². The molecule has 0 aromatic carbocycles. The molecule has 2 unspecified atom stereocenters. The Morgan fingerprint density at radius 2 is 2.07 bits per heavy atom. The summed E-state index contributed by atoms with van der Waals surface area (Å²) in [5.74, 6) is 0.990. The van der Waals surface area contributed by atoms with E-state index in [-0.39, 0.29) is 0 Å². The number of rotatable bonds is 5. The Hall–Kier alpha value is -0.0800. The van der Waals surface area contributed by atoms with Crippen LogP contribution < -0.4 is 5.32 Å². The Labute approximate surface area is 95.4 Å². The van der Waals surface area contributed by atoms with Crippen molar-refractivity contribution in [3.8, 4) is 0 Å². The molecule has 0 spiro atoms. The summed E-state index contributed by atoms with van der Waals surface area (Å²) in [4.78, 5) is 2.64. The highest BCUT2D eigenvalue weighted by molar-refractivity contribution is 4.72. The van der Waals surface area contributed by atoms with Gasteiger partial charge in [-0.3, -0.25) is 0 Å². The molecule has 0 aromatic heterocycles. The van der Waals surface area contributed by atoms with E-state index in [2.05, 4.69) is 31.0 Å². The fourth-order valence-electron chi connectivity index (χ4n) is 2.62. The van der Waals surface area contributed by atoms with E-state index in [9.17, 15) is 0 Å². The van der Waals surface area contributed by atoms with Gasteiger partial charge < -0.3 is 10.2 Å². The fourth-order valence-corrected chi connectivity index (χ4v) is 2.62. The third kappa shape index (κ3) is 4.98. The van der Waals surface area contributed by atoms with Crippen LogP contribution in [-0.2, 0) is 0 Å². The van der Waals surface area contributed by atoms with Crippen LogP contribution in [0.15, 0.2) is 0 Å². The van der Waals surface area contributed by atoms with Gasteiger partial charge in [0, 0.05) is 12.6 Å². The molecular formula is C13H28N2.